The number of carbonyl (C=O) groups excluding carboxylic acids is 1. The van der Waals surface area contributed by atoms with E-state index in [0.717, 1.165) is 68.1 Å². The van der Waals surface area contributed by atoms with Crippen molar-refractivity contribution in [1.82, 2.24) is 20.2 Å². The highest BCUT2D eigenvalue weighted by atomic mass is 16.4. The van der Waals surface area contributed by atoms with Crippen molar-refractivity contribution in [2.75, 3.05) is 19.6 Å². The van der Waals surface area contributed by atoms with Crippen LogP contribution in [0, 0.1) is 5.92 Å². The molecule has 29 heavy (non-hydrogen) atoms. The number of amides is 1. The maximum absolute atomic E-state index is 12.3. The normalized spacial score (nSPS) is 14.9. The third-order valence-electron chi connectivity index (χ3n) is 5.68. The van der Waals surface area contributed by atoms with Gasteiger partial charge in [-0.25, -0.2) is 4.98 Å². The summed E-state index contributed by atoms with van der Waals surface area (Å²) in [6.45, 7) is 5.47. The summed E-state index contributed by atoms with van der Waals surface area (Å²) in [5.74, 6) is 0.683. The lowest BCUT2D eigenvalue weighted by molar-refractivity contribution is -0.136. The Morgan fingerprint density at radius 1 is 1.31 bits per heavy atom. The average molecular weight is 401 g/mol. The smallest absolute Gasteiger partial charge is 0.305 e. The second-order valence-corrected chi connectivity index (χ2v) is 7.87. The predicted octanol–water partition coefficient (Wildman–Crippen LogP) is 2.97. The molecule has 7 heteroatoms. The van der Waals surface area contributed by atoms with Crippen molar-refractivity contribution in [2.45, 2.75) is 58.4 Å². The molecule has 0 unspecified atom stereocenters. The Kier molecular flexibility index (Phi) is 7.63. The van der Waals surface area contributed by atoms with Gasteiger partial charge < -0.3 is 20.3 Å². The molecule has 0 radical (unpaired) electrons. The van der Waals surface area contributed by atoms with E-state index in [1.54, 1.807) is 6.07 Å². The Balaban J connectivity index is 1.76. The third kappa shape index (κ3) is 5.79. The monoisotopic (exact) mass is 400 g/mol. The molecule has 1 saturated heterocycles. The van der Waals surface area contributed by atoms with Crippen molar-refractivity contribution in [3.63, 3.8) is 0 Å². The van der Waals surface area contributed by atoms with E-state index in [1.807, 2.05) is 12.1 Å². The fourth-order valence-corrected chi connectivity index (χ4v) is 3.97. The van der Waals surface area contributed by atoms with Crippen LogP contribution in [-0.4, -0.2) is 46.2 Å². The minimum atomic E-state index is -0.922. The number of hydrogen-bond donors (Lipinski definition) is 3. The highest BCUT2D eigenvalue weighted by Gasteiger charge is 2.17. The molecule has 7 nitrogen and oxygen atoms in total. The number of imidazole rings is 1. The van der Waals surface area contributed by atoms with Crippen molar-refractivity contribution >= 4 is 22.9 Å². The highest BCUT2D eigenvalue weighted by Crippen LogP contribution is 2.23. The fourth-order valence-electron chi connectivity index (χ4n) is 3.97. The van der Waals surface area contributed by atoms with Crippen LogP contribution in [0.1, 0.15) is 61.6 Å². The van der Waals surface area contributed by atoms with Crippen LogP contribution in [0.5, 0.6) is 0 Å². The van der Waals surface area contributed by atoms with Crippen molar-refractivity contribution in [1.29, 1.82) is 0 Å². The number of piperidine rings is 1. The summed E-state index contributed by atoms with van der Waals surface area (Å²) in [7, 11) is 0. The van der Waals surface area contributed by atoms with Gasteiger partial charge in [0.2, 0.25) is 0 Å². The molecule has 1 aliphatic rings. The Bertz CT molecular complexity index is 840. The number of aliphatic carboxylic acids is 1. The number of aryl methyl sites for hydroxylation is 2. The Morgan fingerprint density at radius 2 is 2.10 bits per heavy atom. The number of rotatable bonds is 10. The van der Waals surface area contributed by atoms with Gasteiger partial charge in [0.05, 0.1) is 17.5 Å². The van der Waals surface area contributed by atoms with E-state index in [9.17, 15) is 9.59 Å². The highest BCUT2D eigenvalue weighted by molar-refractivity contribution is 5.97. The van der Waals surface area contributed by atoms with Crippen LogP contribution in [-0.2, 0) is 17.8 Å². The number of unbranched alkanes of at least 4 members (excludes halogenated alkanes) is 1. The lowest BCUT2D eigenvalue weighted by atomic mass is 9.93. The van der Waals surface area contributed by atoms with Gasteiger partial charge in [0.1, 0.15) is 5.82 Å². The Morgan fingerprint density at radius 3 is 2.83 bits per heavy atom. The van der Waals surface area contributed by atoms with Gasteiger partial charge in [-0.1, -0.05) is 13.3 Å². The molecule has 2 aromatic rings. The first-order chi connectivity index (χ1) is 14.1. The topological polar surface area (TPSA) is 96.3 Å². The third-order valence-corrected chi connectivity index (χ3v) is 5.68. The molecule has 1 fully saturated rings. The zero-order valence-corrected chi connectivity index (χ0v) is 17.2. The van der Waals surface area contributed by atoms with Crippen molar-refractivity contribution in [3.8, 4) is 0 Å². The maximum atomic E-state index is 12.3. The van der Waals surface area contributed by atoms with Crippen molar-refractivity contribution < 1.29 is 14.7 Å². The van der Waals surface area contributed by atoms with Gasteiger partial charge in [-0.2, -0.15) is 0 Å². The second-order valence-electron chi connectivity index (χ2n) is 7.87. The Hall–Kier alpha value is -2.41. The largest absolute Gasteiger partial charge is 0.481 e. The van der Waals surface area contributed by atoms with Gasteiger partial charge in [0.15, 0.2) is 0 Å². The van der Waals surface area contributed by atoms with E-state index in [-0.39, 0.29) is 18.9 Å². The molecule has 2 heterocycles. The summed E-state index contributed by atoms with van der Waals surface area (Å²) in [6.07, 6.45) is 6.72. The number of nitrogens with one attached hydrogen (secondary N) is 2. The number of benzene rings is 1. The average Bonchev–Trinajstić information content (AvgIpc) is 3.07. The first-order valence-electron chi connectivity index (χ1n) is 10.8. The van der Waals surface area contributed by atoms with Gasteiger partial charge in [0.25, 0.3) is 5.91 Å². The summed E-state index contributed by atoms with van der Waals surface area (Å²) in [4.78, 5) is 27.8. The van der Waals surface area contributed by atoms with Gasteiger partial charge in [-0.3, -0.25) is 9.59 Å². The van der Waals surface area contributed by atoms with E-state index in [2.05, 4.69) is 22.1 Å². The number of fused-ring (bicyclic) bond motifs is 1. The molecule has 3 rings (SSSR count). The lowest BCUT2D eigenvalue weighted by Gasteiger charge is -2.22. The number of nitrogens with zero attached hydrogens (tertiary/aromatic N) is 2. The van der Waals surface area contributed by atoms with Crippen LogP contribution in [0.4, 0.5) is 0 Å². The molecule has 0 bridgehead atoms. The van der Waals surface area contributed by atoms with Crippen LogP contribution < -0.4 is 10.6 Å². The van der Waals surface area contributed by atoms with Crippen molar-refractivity contribution in [3.05, 3.63) is 29.6 Å². The SMILES string of the molecule is CCCCn1c(CCC2CCNCC2)nc2cc(C(=O)NCCC(=O)O)ccc21. The molecule has 0 atom stereocenters. The minimum Gasteiger partial charge on any atom is -0.481 e. The molecule has 1 amide bonds. The van der Waals surface area contributed by atoms with Crippen LogP contribution in [0.2, 0.25) is 0 Å². The van der Waals surface area contributed by atoms with Gasteiger partial charge in [-0.15, -0.1) is 0 Å². The Labute approximate surface area is 171 Å². The molecular formula is C22H32N4O3. The maximum Gasteiger partial charge on any atom is 0.305 e. The lowest BCUT2D eigenvalue weighted by Crippen LogP contribution is -2.28. The number of carboxylic acid groups (broad SMARTS) is 1. The molecule has 0 aliphatic carbocycles. The van der Waals surface area contributed by atoms with E-state index >= 15 is 0 Å². The van der Waals surface area contributed by atoms with E-state index in [1.165, 1.54) is 12.8 Å². The summed E-state index contributed by atoms with van der Waals surface area (Å²) in [5.41, 5.74) is 2.43. The molecule has 1 aromatic heterocycles. The van der Waals surface area contributed by atoms with E-state index < -0.39 is 5.97 Å². The van der Waals surface area contributed by atoms with Gasteiger partial charge in [-0.05, 0) is 62.9 Å². The number of carbonyl (C=O) groups is 2. The summed E-state index contributed by atoms with van der Waals surface area (Å²) in [5, 5.41) is 14.8. The molecule has 0 saturated carbocycles. The zero-order chi connectivity index (χ0) is 20.6. The molecule has 0 spiro atoms. The zero-order valence-electron chi connectivity index (χ0n) is 17.2. The number of carboxylic acids is 1. The fraction of sp³-hybridized carbons (Fsp3) is 0.591. The van der Waals surface area contributed by atoms with Crippen LogP contribution in [0.3, 0.4) is 0 Å². The van der Waals surface area contributed by atoms with E-state index in [0.29, 0.717) is 5.56 Å². The number of aromatic nitrogens is 2. The van der Waals surface area contributed by atoms with Crippen molar-refractivity contribution in [2.24, 2.45) is 5.92 Å². The summed E-state index contributed by atoms with van der Waals surface area (Å²) in [6, 6.07) is 5.60. The van der Waals surface area contributed by atoms with Crippen LogP contribution >= 0.6 is 0 Å². The quantitative estimate of drug-likeness (QED) is 0.570. The molecule has 1 aliphatic heterocycles. The molecule has 1 aromatic carbocycles. The van der Waals surface area contributed by atoms with Crippen LogP contribution in [0.15, 0.2) is 18.2 Å². The van der Waals surface area contributed by atoms with Crippen LogP contribution in [0.25, 0.3) is 11.0 Å². The van der Waals surface area contributed by atoms with E-state index in [4.69, 9.17) is 10.1 Å². The summed E-state index contributed by atoms with van der Waals surface area (Å²) >= 11 is 0. The predicted molar refractivity (Wildman–Crippen MR) is 113 cm³/mol. The standard InChI is InChI=1S/C22H32N4O3/c1-2-3-14-26-19-6-5-17(22(29)24-13-10-21(27)28)15-18(19)25-20(26)7-4-16-8-11-23-12-9-16/h5-6,15-16,23H,2-4,7-14H2,1H3,(H,24,29)(H,27,28). The second kappa shape index (κ2) is 10.4. The first kappa shape index (κ1) is 21.3. The van der Waals surface area contributed by atoms with Gasteiger partial charge >= 0.3 is 5.97 Å². The molecular weight excluding hydrogens is 368 g/mol. The van der Waals surface area contributed by atoms with Gasteiger partial charge in [0, 0.05) is 25.1 Å². The number of hydrogen-bond acceptors (Lipinski definition) is 4. The summed E-state index contributed by atoms with van der Waals surface area (Å²) < 4.78 is 2.31. The molecule has 158 valence electrons. The molecule has 3 N–H and O–H groups in total. The first-order valence-corrected chi connectivity index (χ1v) is 10.8. The minimum absolute atomic E-state index is 0.0829.